The standard InChI is InChI=1S/C14H13N3S/c1-10(15)12-6-13(18-9-12)8-17-5-3-11-7-16-4-2-14(11)17/h2-7,9,15H,8H2,1H3. The van der Waals surface area contributed by atoms with Gasteiger partial charge in [-0.05, 0) is 25.1 Å². The average Bonchev–Trinajstić information content (AvgIpc) is 2.98. The molecule has 0 fully saturated rings. The van der Waals surface area contributed by atoms with Crippen molar-refractivity contribution in [3.63, 3.8) is 0 Å². The Morgan fingerprint density at radius 2 is 2.33 bits per heavy atom. The molecule has 0 aliphatic carbocycles. The number of hydrogen-bond acceptors (Lipinski definition) is 3. The van der Waals surface area contributed by atoms with Gasteiger partial charge in [0.05, 0.1) is 12.1 Å². The molecule has 3 rings (SSSR count). The van der Waals surface area contributed by atoms with Gasteiger partial charge in [0.1, 0.15) is 0 Å². The fraction of sp³-hybridized carbons (Fsp3) is 0.143. The Bertz CT molecular complexity index is 708. The highest BCUT2D eigenvalue weighted by molar-refractivity contribution is 7.10. The molecule has 1 N–H and O–H groups in total. The van der Waals surface area contributed by atoms with Gasteiger partial charge in [0.25, 0.3) is 0 Å². The summed E-state index contributed by atoms with van der Waals surface area (Å²) >= 11 is 1.71. The van der Waals surface area contributed by atoms with E-state index in [2.05, 4.69) is 27.9 Å². The molecule has 0 aromatic carbocycles. The van der Waals surface area contributed by atoms with Crippen molar-refractivity contribution in [3.05, 3.63) is 52.6 Å². The first-order chi connectivity index (χ1) is 8.74. The maximum atomic E-state index is 7.62. The quantitative estimate of drug-likeness (QED) is 0.715. The first-order valence-electron chi connectivity index (χ1n) is 5.76. The van der Waals surface area contributed by atoms with Gasteiger partial charge in [0.2, 0.25) is 0 Å². The Hall–Kier alpha value is -1.94. The van der Waals surface area contributed by atoms with Crippen molar-refractivity contribution in [2.75, 3.05) is 0 Å². The molecule has 3 aromatic heterocycles. The van der Waals surface area contributed by atoms with Gasteiger partial charge in [0.15, 0.2) is 0 Å². The maximum absolute atomic E-state index is 7.62. The fourth-order valence-corrected chi connectivity index (χ4v) is 2.94. The van der Waals surface area contributed by atoms with Crippen LogP contribution in [0.3, 0.4) is 0 Å². The van der Waals surface area contributed by atoms with Gasteiger partial charge in [-0.2, -0.15) is 0 Å². The van der Waals surface area contributed by atoms with Crippen LogP contribution < -0.4 is 0 Å². The molecular weight excluding hydrogens is 242 g/mol. The molecule has 0 aliphatic rings. The second-order valence-electron chi connectivity index (χ2n) is 4.30. The van der Waals surface area contributed by atoms with Crippen LogP contribution >= 0.6 is 11.3 Å². The van der Waals surface area contributed by atoms with Crippen molar-refractivity contribution in [2.45, 2.75) is 13.5 Å². The molecule has 3 heterocycles. The topological polar surface area (TPSA) is 41.7 Å². The Morgan fingerprint density at radius 1 is 1.44 bits per heavy atom. The molecule has 18 heavy (non-hydrogen) atoms. The minimum atomic E-state index is 0.624. The Morgan fingerprint density at radius 3 is 3.11 bits per heavy atom. The number of fused-ring (bicyclic) bond motifs is 1. The lowest BCUT2D eigenvalue weighted by atomic mass is 10.2. The molecular formula is C14H13N3S. The second-order valence-corrected chi connectivity index (χ2v) is 5.30. The molecule has 0 amide bonds. The van der Waals surface area contributed by atoms with Crippen LogP contribution in [0.15, 0.2) is 42.2 Å². The largest absolute Gasteiger partial charge is 0.342 e. The van der Waals surface area contributed by atoms with Gasteiger partial charge in [-0.25, -0.2) is 0 Å². The predicted octanol–water partition coefficient (Wildman–Crippen LogP) is 3.53. The zero-order valence-corrected chi connectivity index (χ0v) is 10.9. The van der Waals surface area contributed by atoms with Gasteiger partial charge < -0.3 is 9.98 Å². The summed E-state index contributed by atoms with van der Waals surface area (Å²) in [6, 6.07) is 6.21. The van der Waals surface area contributed by atoms with Gasteiger partial charge >= 0.3 is 0 Å². The van der Waals surface area contributed by atoms with E-state index in [9.17, 15) is 0 Å². The molecule has 3 nitrogen and oxygen atoms in total. The lowest BCUT2D eigenvalue weighted by Crippen LogP contribution is -1.95. The number of thiophene rings is 1. The van der Waals surface area contributed by atoms with E-state index >= 15 is 0 Å². The molecule has 0 spiro atoms. The fourth-order valence-electron chi connectivity index (χ4n) is 2.01. The molecule has 0 unspecified atom stereocenters. The van der Waals surface area contributed by atoms with Crippen LogP contribution in [0.2, 0.25) is 0 Å². The zero-order valence-electron chi connectivity index (χ0n) is 10.1. The molecule has 3 aromatic rings. The first kappa shape index (κ1) is 11.2. The van der Waals surface area contributed by atoms with Crippen LogP contribution in [-0.2, 0) is 6.54 Å². The van der Waals surface area contributed by atoms with Crippen LogP contribution in [0, 0.1) is 5.41 Å². The number of pyridine rings is 1. The molecule has 0 saturated heterocycles. The monoisotopic (exact) mass is 255 g/mol. The van der Waals surface area contributed by atoms with E-state index in [0.717, 1.165) is 17.5 Å². The Kier molecular flexibility index (Phi) is 2.72. The number of nitrogens with one attached hydrogen (secondary N) is 1. The smallest absolute Gasteiger partial charge is 0.0569 e. The number of rotatable bonds is 3. The summed E-state index contributed by atoms with van der Waals surface area (Å²) < 4.78 is 2.21. The Labute approximate surface area is 109 Å². The summed E-state index contributed by atoms with van der Waals surface area (Å²) in [6.45, 7) is 2.67. The number of aromatic nitrogens is 2. The van der Waals surface area contributed by atoms with Gasteiger partial charge in [-0.1, -0.05) is 0 Å². The van der Waals surface area contributed by atoms with E-state index in [4.69, 9.17) is 5.41 Å². The summed E-state index contributed by atoms with van der Waals surface area (Å²) in [5.74, 6) is 0. The molecule has 0 bridgehead atoms. The lowest BCUT2D eigenvalue weighted by Gasteiger charge is -2.02. The highest BCUT2D eigenvalue weighted by atomic mass is 32.1. The minimum Gasteiger partial charge on any atom is -0.342 e. The Balaban J connectivity index is 1.93. The van der Waals surface area contributed by atoms with Gasteiger partial charge in [0, 0.05) is 45.5 Å². The maximum Gasteiger partial charge on any atom is 0.0569 e. The molecule has 0 aliphatic heterocycles. The van der Waals surface area contributed by atoms with Crippen molar-refractivity contribution in [3.8, 4) is 0 Å². The van der Waals surface area contributed by atoms with E-state index in [-0.39, 0.29) is 0 Å². The van der Waals surface area contributed by atoms with E-state index in [1.54, 1.807) is 11.3 Å². The minimum absolute atomic E-state index is 0.624. The third-order valence-electron chi connectivity index (χ3n) is 2.98. The van der Waals surface area contributed by atoms with Crippen molar-refractivity contribution < 1.29 is 0 Å². The van der Waals surface area contributed by atoms with Gasteiger partial charge in [-0.3, -0.25) is 4.98 Å². The third kappa shape index (κ3) is 1.95. The molecule has 0 saturated carbocycles. The molecule has 90 valence electrons. The second kappa shape index (κ2) is 4.38. The summed E-state index contributed by atoms with van der Waals surface area (Å²) in [5.41, 5.74) is 2.85. The summed E-state index contributed by atoms with van der Waals surface area (Å²) in [7, 11) is 0. The van der Waals surface area contributed by atoms with Crippen LogP contribution in [0.4, 0.5) is 0 Å². The highest BCUT2D eigenvalue weighted by Gasteiger charge is 2.05. The van der Waals surface area contributed by atoms with Gasteiger partial charge in [-0.15, -0.1) is 11.3 Å². The summed E-state index contributed by atoms with van der Waals surface area (Å²) in [6.07, 6.45) is 5.79. The van der Waals surface area contributed by atoms with E-state index < -0.39 is 0 Å². The molecule has 0 atom stereocenters. The molecule has 4 heteroatoms. The first-order valence-corrected chi connectivity index (χ1v) is 6.64. The molecule has 0 radical (unpaired) electrons. The van der Waals surface area contributed by atoms with Crippen molar-refractivity contribution in [1.29, 1.82) is 5.41 Å². The van der Waals surface area contributed by atoms with E-state index in [1.165, 1.54) is 10.4 Å². The van der Waals surface area contributed by atoms with E-state index in [0.29, 0.717) is 5.71 Å². The summed E-state index contributed by atoms with van der Waals surface area (Å²) in [5, 5.41) is 10.8. The van der Waals surface area contributed by atoms with Crippen molar-refractivity contribution >= 4 is 28.0 Å². The van der Waals surface area contributed by atoms with Crippen LogP contribution in [0.25, 0.3) is 10.9 Å². The third-order valence-corrected chi connectivity index (χ3v) is 3.91. The highest BCUT2D eigenvalue weighted by Crippen LogP contribution is 2.20. The SMILES string of the molecule is CC(=N)c1csc(Cn2ccc3cnccc32)c1. The number of hydrogen-bond donors (Lipinski definition) is 1. The van der Waals surface area contributed by atoms with E-state index in [1.807, 2.05) is 30.8 Å². The van der Waals surface area contributed by atoms with Crippen LogP contribution in [0.5, 0.6) is 0 Å². The van der Waals surface area contributed by atoms with Crippen LogP contribution in [-0.4, -0.2) is 15.3 Å². The van der Waals surface area contributed by atoms with Crippen molar-refractivity contribution in [1.82, 2.24) is 9.55 Å². The van der Waals surface area contributed by atoms with Crippen molar-refractivity contribution in [2.24, 2.45) is 0 Å². The number of nitrogens with zero attached hydrogens (tertiary/aromatic N) is 2. The zero-order chi connectivity index (χ0) is 12.5. The average molecular weight is 255 g/mol. The lowest BCUT2D eigenvalue weighted by molar-refractivity contribution is 0.851. The normalized spacial score (nSPS) is 10.9. The summed E-state index contributed by atoms with van der Waals surface area (Å²) in [4.78, 5) is 5.39. The van der Waals surface area contributed by atoms with Crippen LogP contribution in [0.1, 0.15) is 17.4 Å². The predicted molar refractivity (Wildman–Crippen MR) is 75.7 cm³/mol.